The first-order valence-electron chi connectivity index (χ1n) is 11.5. The molecule has 0 fully saturated rings. The van der Waals surface area contributed by atoms with Gasteiger partial charge in [0.05, 0.1) is 11.8 Å². The number of hydrogen-bond donors (Lipinski definition) is 4. The molecule has 5 N–H and O–H groups in total. The number of aliphatic hydroxyl groups excluding tert-OH is 1. The highest BCUT2D eigenvalue weighted by molar-refractivity contribution is 5.91. The topological polar surface area (TPSA) is 113 Å². The molecule has 9 heteroatoms. The summed E-state index contributed by atoms with van der Waals surface area (Å²) >= 11 is 0. The van der Waals surface area contributed by atoms with Gasteiger partial charge in [0.2, 0.25) is 0 Å². The first-order chi connectivity index (χ1) is 16.9. The Labute approximate surface area is 229 Å². The highest BCUT2D eigenvalue weighted by Gasteiger charge is 2.20. The van der Waals surface area contributed by atoms with Crippen LogP contribution >= 0.6 is 24.8 Å². The van der Waals surface area contributed by atoms with Gasteiger partial charge in [0.1, 0.15) is 12.8 Å². The Kier molecular flexibility index (Phi) is 11.1. The molecule has 4 aromatic rings. The standard InChI is InChI=1S/C28H30N4O3.2ClH/c1-18-3-12-25(19(2)13-18)28(34)35-17-20-4-6-22(7-5-20)26(14-29)27(33)32-24-10-8-21(9-11-24)23-15-30-31-16-23;;/h3-13,15-16,26-27,32-33H,14,17,29H2,1-2H3,(H,30,31);2*1H. The predicted molar refractivity (Wildman–Crippen MR) is 151 cm³/mol. The molecule has 0 aliphatic rings. The Hall–Kier alpha value is -3.36. The van der Waals surface area contributed by atoms with E-state index >= 15 is 0 Å². The van der Waals surface area contributed by atoms with E-state index in [1.165, 1.54) is 0 Å². The van der Waals surface area contributed by atoms with E-state index < -0.39 is 6.23 Å². The van der Waals surface area contributed by atoms with Crippen LogP contribution in [0.1, 0.15) is 38.5 Å². The summed E-state index contributed by atoms with van der Waals surface area (Å²) < 4.78 is 5.49. The second-order valence-corrected chi connectivity index (χ2v) is 8.63. The summed E-state index contributed by atoms with van der Waals surface area (Å²) in [5, 5.41) is 20.7. The largest absolute Gasteiger partial charge is 0.457 e. The number of nitrogens with two attached hydrogens (primary N) is 1. The SMILES string of the molecule is Cc1ccc(C(=O)OCc2ccc(C(CN)C(O)Nc3ccc(-c4cn[nH]c4)cc3)cc2)c(C)c1.Cl.Cl. The Morgan fingerprint density at radius 1 is 1.03 bits per heavy atom. The van der Waals surface area contributed by atoms with Gasteiger partial charge in [-0.2, -0.15) is 5.10 Å². The monoisotopic (exact) mass is 542 g/mol. The zero-order valence-corrected chi connectivity index (χ0v) is 22.3. The van der Waals surface area contributed by atoms with Crippen LogP contribution in [0, 0.1) is 13.8 Å². The quantitative estimate of drug-likeness (QED) is 0.167. The van der Waals surface area contributed by atoms with E-state index in [1.807, 2.05) is 80.7 Å². The molecule has 1 heterocycles. The van der Waals surface area contributed by atoms with E-state index in [4.69, 9.17) is 10.5 Å². The molecular weight excluding hydrogens is 511 g/mol. The highest BCUT2D eigenvalue weighted by Crippen LogP contribution is 2.24. The molecule has 3 aromatic carbocycles. The lowest BCUT2D eigenvalue weighted by Gasteiger charge is -2.24. The van der Waals surface area contributed by atoms with Gasteiger partial charge in [-0.05, 0) is 54.3 Å². The average Bonchev–Trinajstić information content (AvgIpc) is 3.39. The first kappa shape index (κ1) is 29.9. The minimum absolute atomic E-state index is 0. The van der Waals surface area contributed by atoms with E-state index in [1.54, 1.807) is 12.3 Å². The number of aromatic amines is 1. The Morgan fingerprint density at radius 3 is 2.32 bits per heavy atom. The number of anilines is 1. The van der Waals surface area contributed by atoms with Crippen molar-refractivity contribution >= 4 is 36.5 Å². The fourth-order valence-corrected chi connectivity index (χ4v) is 4.02. The summed E-state index contributed by atoms with van der Waals surface area (Å²) in [6, 6.07) is 21.0. The number of nitrogens with one attached hydrogen (secondary N) is 2. The van der Waals surface area contributed by atoms with Gasteiger partial charge in [0, 0.05) is 29.9 Å². The molecule has 196 valence electrons. The van der Waals surface area contributed by atoms with E-state index in [0.29, 0.717) is 5.56 Å². The third-order valence-corrected chi connectivity index (χ3v) is 6.05. The van der Waals surface area contributed by atoms with Gasteiger partial charge in [0.25, 0.3) is 0 Å². The maximum Gasteiger partial charge on any atom is 0.338 e. The maximum atomic E-state index is 12.4. The Morgan fingerprint density at radius 2 is 1.73 bits per heavy atom. The predicted octanol–water partition coefficient (Wildman–Crippen LogP) is 5.37. The number of carbonyl (C=O) groups excluding carboxylic acids is 1. The van der Waals surface area contributed by atoms with Gasteiger partial charge in [-0.1, -0.05) is 54.1 Å². The molecular formula is C28H32Cl2N4O3. The van der Waals surface area contributed by atoms with Crippen molar-refractivity contribution in [3.63, 3.8) is 0 Å². The molecule has 7 nitrogen and oxygen atoms in total. The number of halogens is 2. The van der Waals surface area contributed by atoms with Crippen molar-refractivity contribution in [2.24, 2.45) is 5.73 Å². The van der Waals surface area contributed by atoms with Crippen molar-refractivity contribution in [1.29, 1.82) is 0 Å². The average molecular weight is 543 g/mol. The number of esters is 1. The first-order valence-corrected chi connectivity index (χ1v) is 11.5. The lowest BCUT2D eigenvalue weighted by Crippen LogP contribution is -2.32. The van der Waals surface area contributed by atoms with Crippen LogP contribution in [0.15, 0.2) is 79.1 Å². The molecule has 0 spiro atoms. The van der Waals surface area contributed by atoms with Gasteiger partial charge in [-0.15, -0.1) is 24.8 Å². The molecule has 37 heavy (non-hydrogen) atoms. The van der Waals surface area contributed by atoms with Crippen molar-refractivity contribution < 1.29 is 14.6 Å². The summed E-state index contributed by atoms with van der Waals surface area (Å²) in [4.78, 5) is 12.4. The smallest absolute Gasteiger partial charge is 0.338 e. The van der Waals surface area contributed by atoms with E-state index in [-0.39, 0.29) is 49.9 Å². The number of benzene rings is 3. The highest BCUT2D eigenvalue weighted by atomic mass is 35.5. The molecule has 2 unspecified atom stereocenters. The van der Waals surface area contributed by atoms with Crippen LogP contribution in [-0.2, 0) is 11.3 Å². The third-order valence-electron chi connectivity index (χ3n) is 6.05. The number of nitrogens with zero attached hydrogens (tertiary/aromatic N) is 1. The van der Waals surface area contributed by atoms with Crippen LogP contribution in [0.25, 0.3) is 11.1 Å². The molecule has 4 rings (SSSR count). The van der Waals surface area contributed by atoms with Gasteiger partial charge in [0.15, 0.2) is 0 Å². The summed E-state index contributed by atoms with van der Waals surface area (Å²) in [6.07, 6.45) is 2.72. The Balaban J connectivity index is 0.00000241. The summed E-state index contributed by atoms with van der Waals surface area (Å²) in [7, 11) is 0. The second-order valence-electron chi connectivity index (χ2n) is 8.63. The summed E-state index contributed by atoms with van der Waals surface area (Å²) in [5.74, 6) is -0.653. The zero-order valence-electron chi connectivity index (χ0n) is 20.7. The van der Waals surface area contributed by atoms with E-state index in [2.05, 4.69) is 15.5 Å². The van der Waals surface area contributed by atoms with Crippen molar-refractivity contribution in [1.82, 2.24) is 10.2 Å². The molecule has 0 saturated carbocycles. The summed E-state index contributed by atoms with van der Waals surface area (Å²) in [6.45, 7) is 4.33. The fourth-order valence-electron chi connectivity index (χ4n) is 4.02. The van der Waals surface area contributed by atoms with Crippen molar-refractivity contribution in [3.8, 4) is 11.1 Å². The lowest BCUT2D eigenvalue weighted by molar-refractivity contribution is 0.0472. The van der Waals surface area contributed by atoms with E-state index in [0.717, 1.165) is 39.1 Å². The van der Waals surface area contributed by atoms with Gasteiger partial charge in [-0.25, -0.2) is 4.79 Å². The van der Waals surface area contributed by atoms with Gasteiger partial charge >= 0.3 is 5.97 Å². The van der Waals surface area contributed by atoms with E-state index in [9.17, 15) is 9.90 Å². The lowest BCUT2D eigenvalue weighted by atomic mass is 9.96. The second kappa shape index (κ2) is 13.8. The van der Waals surface area contributed by atoms with Crippen LogP contribution in [-0.4, -0.2) is 34.0 Å². The van der Waals surface area contributed by atoms with Crippen molar-refractivity contribution in [2.75, 3.05) is 11.9 Å². The van der Waals surface area contributed by atoms with Crippen LogP contribution in [0.3, 0.4) is 0 Å². The third kappa shape index (κ3) is 7.57. The minimum Gasteiger partial charge on any atom is -0.457 e. The van der Waals surface area contributed by atoms with Gasteiger partial charge in [-0.3, -0.25) is 5.10 Å². The normalized spacial score (nSPS) is 12.0. The van der Waals surface area contributed by atoms with Crippen LogP contribution in [0.2, 0.25) is 0 Å². The molecule has 0 aliphatic carbocycles. The number of aryl methyl sites for hydroxylation is 2. The molecule has 2 atom stereocenters. The molecule has 0 saturated heterocycles. The molecule has 0 aliphatic heterocycles. The van der Waals surface area contributed by atoms with Gasteiger partial charge < -0.3 is 20.9 Å². The fraction of sp³-hybridized carbons (Fsp3) is 0.214. The van der Waals surface area contributed by atoms with Crippen molar-refractivity contribution in [3.05, 3.63) is 107 Å². The van der Waals surface area contributed by atoms with Crippen LogP contribution in [0.4, 0.5) is 5.69 Å². The van der Waals surface area contributed by atoms with Crippen LogP contribution < -0.4 is 11.1 Å². The summed E-state index contributed by atoms with van der Waals surface area (Å²) in [5.41, 5.74) is 13.1. The molecule has 0 amide bonds. The number of aromatic nitrogens is 2. The number of ether oxygens (including phenoxy) is 1. The number of aliphatic hydroxyl groups is 1. The molecule has 1 aromatic heterocycles. The molecule has 0 bridgehead atoms. The Bertz CT molecular complexity index is 1260. The number of carbonyl (C=O) groups is 1. The number of hydrogen-bond acceptors (Lipinski definition) is 6. The van der Waals surface area contributed by atoms with Crippen molar-refractivity contribution in [2.45, 2.75) is 32.6 Å². The minimum atomic E-state index is -0.868. The van der Waals surface area contributed by atoms with Crippen LogP contribution in [0.5, 0.6) is 0 Å². The zero-order chi connectivity index (χ0) is 24.8. The molecule has 0 radical (unpaired) electrons. The number of H-pyrrole nitrogens is 1. The number of rotatable bonds is 9. The maximum absolute atomic E-state index is 12.4.